The van der Waals surface area contributed by atoms with E-state index in [4.69, 9.17) is 16.1 Å². The monoisotopic (exact) mass is 531 g/mol. The van der Waals surface area contributed by atoms with Crippen LogP contribution in [0.5, 0.6) is 0 Å². The zero-order valence-corrected chi connectivity index (χ0v) is 23.4. The van der Waals surface area contributed by atoms with Gasteiger partial charge in [0.15, 0.2) is 11.6 Å². The third kappa shape index (κ3) is 6.40. The minimum Gasteiger partial charge on any atom is -0.382 e. The van der Waals surface area contributed by atoms with Crippen LogP contribution in [0.3, 0.4) is 0 Å². The number of aromatic nitrogens is 4. The van der Waals surface area contributed by atoms with Gasteiger partial charge >= 0.3 is 0 Å². The van der Waals surface area contributed by atoms with Gasteiger partial charge in [0.05, 0.1) is 0 Å². The number of amides is 1. The molecule has 1 aliphatic rings. The molecule has 3 aromatic rings. The number of nitrogens with two attached hydrogens (primary N) is 1. The summed E-state index contributed by atoms with van der Waals surface area (Å²) < 4.78 is 0. The van der Waals surface area contributed by atoms with Crippen molar-refractivity contribution < 1.29 is 4.79 Å². The molecule has 0 radical (unpaired) electrons. The fourth-order valence-electron chi connectivity index (χ4n) is 3.95. The summed E-state index contributed by atoms with van der Waals surface area (Å²) in [6, 6.07) is 5.37. The molecule has 3 heterocycles. The second-order valence-electron chi connectivity index (χ2n) is 10.7. The minimum atomic E-state index is -0.342. The van der Waals surface area contributed by atoms with E-state index in [2.05, 4.69) is 47.7 Å². The van der Waals surface area contributed by atoms with Crippen LogP contribution in [-0.4, -0.2) is 76.7 Å². The average molecular weight is 532 g/mol. The summed E-state index contributed by atoms with van der Waals surface area (Å²) in [6.07, 6.45) is 3.04. The van der Waals surface area contributed by atoms with Gasteiger partial charge in [-0.15, -0.1) is 0 Å². The van der Waals surface area contributed by atoms with E-state index < -0.39 is 0 Å². The maximum absolute atomic E-state index is 13.1. The number of carbonyl (C=O) groups excluding carboxylic acids is 1. The maximum atomic E-state index is 13.1. The first-order valence-corrected chi connectivity index (χ1v) is 12.9. The fourth-order valence-corrected chi connectivity index (χ4v) is 3.95. The van der Waals surface area contributed by atoms with Crippen LogP contribution in [-0.2, 0) is 0 Å². The Morgan fingerprint density at radius 1 is 1.10 bits per heavy atom. The van der Waals surface area contributed by atoms with Crippen molar-refractivity contribution in [2.75, 3.05) is 56.2 Å². The second kappa shape index (κ2) is 11.2. The van der Waals surface area contributed by atoms with Crippen molar-refractivity contribution in [3.05, 3.63) is 47.6 Å². The maximum Gasteiger partial charge on any atom is 0.256 e. The van der Waals surface area contributed by atoms with Gasteiger partial charge in [-0.25, -0.2) is 15.0 Å². The van der Waals surface area contributed by atoms with Gasteiger partial charge in [-0.1, -0.05) is 26.8 Å². The van der Waals surface area contributed by atoms with Crippen LogP contribution in [0.2, 0.25) is 0 Å². The number of piperazine rings is 1. The predicted octanol–water partition coefficient (Wildman–Crippen LogP) is 2.66. The van der Waals surface area contributed by atoms with Gasteiger partial charge in [0.2, 0.25) is 5.95 Å². The summed E-state index contributed by atoms with van der Waals surface area (Å²) in [5.74, 6) is 1.44. The van der Waals surface area contributed by atoms with Gasteiger partial charge < -0.3 is 36.9 Å². The Labute approximate surface area is 228 Å². The molecule has 1 aromatic carbocycles. The molecule has 1 amide bonds. The highest BCUT2D eigenvalue weighted by atomic mass is 16.1. The third-order valence-electron chi connectivity index (χ3n) is 6.65. The van der Waals surface area contributed by atoms with E-state index in [0.29, 0.717) is 45.6 Å². The van der Waals surface area contributed by atoms with Crippen molar-refractivity contribution in [1.29, 1.82) is 5.41 Å². The van der Waals surface area contributed by atoms with E-state index in [1.807, 2.05) is 33.8 Å². The molecule has 4 rings (SSSR count). The first-order chi connectivity index (χ1) is 18.5. The molecule has 0 bridgehead atoms. The molecule has 39 heavy (non-hydrogen) atoms. The molecule has 12 nitrogen and oxygen atoms in total. The lowest BCUT2D eigenvalue weighted by molar-refractivity contribution is 0.0963. The molecule has 0 aliphatic carbocycles. The molecular formula is C27H37N11O. The second-order valence-corrected chi connectivity index (χ2v) is 10.7. The van der Waals surface area contributed by atoms with E-state index in [1.165, 1.54) is 6.33 Å². The quantitative estimate of drug-likeness (QED) is 0.287. The third-order valence-corrected chi connectivity index (χ3v) is 6.65. The molecule has 0 spiro atoms. The Kier molecular flexibility index (Phi) is 7.95. The molecule has 6 N–H and O–H groups in total. The van der Waals surface area contributed by atoms with Gasteiger partial charge in [-0.3, -0.25) is 4.79 Å². The number of benzene rings is 1. The van der Waals surface area contributed by atoms with E-state index >= 15 is 0 Å². The highest BCUT2D eigenvalue weighted by Gasteiger charge is 2.21. The van der Waals surface area contributed by atoms with Gasteiger partial charge in [0.1, 0.15) is 23.2 Å². The van der Waals surface area contributed by atoms with Crippen LogP contribution in [0.15, 0.2) is 36.4 Å². The van der Waals surface area contributed by atoms with Crippen molar-refractivity contribution in [2.45, 2.75) is 27.7 Å². The van der Waals surface area contributed by atoms with Gasteiger partial charge in [-0.2, -0.15) is 4.98 Å². The van der Waals surface area contributed by atoms with Crippen molar-refractivity contribution in [3.8, 4) is 0 Å². The van der Waals surface area contributed by atoms with Crippen LogP contribution < -0.4 is 26.6 Å². The number of nitrogens with zero attached hydrogens (tertiary/aromatic N) is 6. The van der Waals surface area contributed by atoms with Crippen molar-refractivity contribution in [3.63, 3.8) is 0 Å². The summed E-state index contributed by atoms with van der Waals surface area (Å²) in [6.45, 7) is 11.2. The van der Waals surface area contributed by atoms with E-state index in [0.717, 1.165) is 31.7 Å². The number of carbonyl (C=O) groups is 1. The van der Waals surface area contributed by atoms with Gasteiger partial charge in [0.25, 0.3) is 5.91 Å². The number of likely N-dealkylation sites (N-methyl/N-ethyl adjacent to an activating group) is 1. The lowest BCUT2D eigenvalue weighted by Gasteiger charge is -2.32. The largest absolute Gasteiger partial charge is 0.382 e. The molecular weight excluding hydrogens is 494 g/mol. The van der Waals surface area contributed by atoms with Crippen LogP contribution >= 0.6 is 0 Å². The van der Waals surface area contributed by atoms with Crippen LogP contribution in [0.25, 0.3) is 11.0 Å². The Bertz CT molecular complexity index is 1420. The Balaban J connectivity index is 1.62. The van der Waals surface area contributed by atoms with E-state index in [-0.39, 0.29) is 17.1 Å². The smallest absolute Gasteiger partial charge is 0.256 e. The first-order valence-electron chi connectivity index (χ1n) is 12.9. The Morgan fingerprint density at radius 2 is 1.82 bits per heavy atom. The number of rotatable bonds is 7. The summed E-state index contributed by atoms with van der Waals surface area (Å²) in [5.41, 5.74) is 9.35. The number of hydrogen-bond acceptors (Lipinski definition) is 11. The summed E-state index contributed by atoms with van der Waals surface area (Å²) in [7, 11) is 3.79. The zero-order chi connectivity index (χ0) is 28.3. The Hall–Kier alpha value is -4.32. The minimum absolute atomic E-state index is 0.288. The predicted molar refractivity (Wildman–Crippen MR) is 156 cm³/mol. The highest BCUT2D eigenvalue weighted by molar-refractivity contribution is 6.00. The number of fused-ring (bicyclic) bond motifs is 1. The normalized spacial score (nSPS) is 14.8. The number of nitrogen functional groups attached to an aromatic ring is 1. The van der Waals surface area contributed by atoms with Crippen LogP contribution in [0.4, 0.5) is 23.3 Å². The number of hydrogen-bond donors (Lipinski definition) is 5. The van der Waals surface area contributed by atoms with Crippen molar-refractivity contribution >= 4 is 45.9 Å². The molecule has 1 fully saturated rings. The molecule has 0 saturated carbocycles. The topological polar surface area (TPSA) is 161 Å². The van der Waals surface area contributed by atoms with E-state index in [1.54, 1.807) is 25.3 Å². The number of anilines is 4. The molecule has 206 valence electrons. The number of allylic oxidation sites excluding steroid dienone is 1. The van der Waals surface area contributed by atoms with Crippen LogP contribution in [0.1, 0.15) is 36.7 Å². The summed E-state index contributed by atoms with van der Waals surface area (Å²) in [5, 5.41) is 17.4. The molecule has 1 saturated heterocycles. The molecule has 1 aliphatic heterocycles. The SMILES string of the molecule is CN/C(=C\C(=N)C(C)(C)C)NC(=O)c1ccc(C)c(Nc2ncnc3c(N)nc(N4CCN(C)CC4)nc23)c1. The number of nitrogens with one attached hydrogen (secondary N) is 4. The molecule has 2 aromatic heterocycles. The van der Waals surface area contributed by atoms with E-state index in [9.17, 15) is 4.79 Å². The molecule has 0 atom stereocenters. The van der Waals surface area contributed by atoms with Crippen molar-refractivity contribution in [2.24, 2.45) is 5.41 Å². The molecule has 0 unspecified atom stereocenters. The summed E-state index contributed by atoms with van der Waals surface area (Å²) >= 11 is 0. The molecule has 12 heteroatoms. The highest BCUT2D eigenvalue weighted by Crippen LogP contribution is 2.28. The first kappa shape index (κ1) is 27.7. The zero-order valence-electron chi connectivity index (χ0n) is 23.4. The lowest BCUT2D eigenvalue weighted by Crippen LogP contribution is -2.45. The average Bonchev–Trinajstić information content (AvgIpc) is 2.89. The van der Waals surface area contributed by atoms with Crippen molar-refractivity contribution in [1.82, 2.24) is 35.5 Å². The Morgan fingerprint density at radius 3 is 2.49 bits per heavy atom. The van der Waals surface area contributed by atoms with Gasteiger partial charge in [0, 0.05) is 55.6 Å². The number of aryl methyl sites for hydroxylation is 1. The lowest BCUT2D eigenvalue weighted by atomic mass is 9.90. The summed E-state index contributed by atoms with van der Waals surface area (Å²) in [4.78, 5) is 35.5. The van der Waals surface area contributed by atoms with Gasteiger partial charge in [-0.05, 0) is 37.7 Å². The van der Waals surface area contributed by atoms with Crippen LogP contribution in [0, 0.1) is 17.7 Å². The fraction of sp³-hybridized carbons (Fsp3) is 0.407. The standard InChI is InChI=1S/C27H37N11O/c1-16-7-8-17(25(39)34-20(30-5)14-19(28)27(2,3)4)13-18(16)33-24-22-21(31-15-32-24)23(29)36-26(35-22)38-11-9-37(6)10-12-38/h7-8,13-15,28,30H,9-12H2,1-6H3,(H,34,39)(H2,29,35,36)(H,31,32,33)/b20-14+,28-19?.